The van der Waals surface area contributed by atoms with Crippen molar-refractivity contribution in [2.24, 2.45) is 5.92 Å². The van der Waals surface area contributed by atoms with Crippen LogP contribution in [0.1, 0.15) is 12.8 Å². The number of ether oxygens (including phenoxy) is 1. The molecule has 1 aliphatic heterocycles. The van der Waals surface area contributed by atoms with Crippen LogP contribution in [0.4, 0.5) is 11.8 Å². The summed E-state index contributed by atoms with van der Waals surface area (Å²) >= 11 is 0. The summed E-state index contributed by atoms with van der Waals surface area (Å²) in [6.45, 7) is 1.25. The minimum atomic E-state index is -0.0727. The predicted octanol–water partition coefficient (Wildman–Crippen LogP) is 0.908. The summed E-state index contributed by atoms with van der Waals surface area (Å²) in [5.41, 5.74) is 0. The number of nitrogens with one attached hydrogen (secondary N) is 1. The summed E-state index contributed by atoms with van der Waals surface area (Å²) in [6, 6.07) is 1.69. The number of nitrogens with zero attached hydrogens (tertiary/aromatic N) is 3. The first-order valence-electron chi connectivity index (χ1n) is 6.06. The van der Waals surface area contributed by atoms with Gasteiger partial charge in [0, 0.05) is 26.9 Å². The van der Waals surface area contributed by atoms with Crippen molar-refractivity contribution in [3.05, 3.63) is 12.3 Å². The summed E-state index contributed by atoms with van der Waals surface area (Å²) in [5.74, 6) is 1.01. The van der Waals surface area contributed by atoms with Crippen LogP contribution in [0, 0.1) is 5.92 Å². The highest BCUT2D eigenvalue weighted by molar-refractivity contribution is 5.91. The van der Waals surface area contributed by atoms with Crippen LogP contribution in [-0.2, 0) is 9.53 Å². The first-order valence-corrected chi connectivity index (χ1v) is 6.06. The number of rotatable bonds is 3. The zero-order valence-corrected chi connectivity index (χ0v) is 10.7. The van der Waals surface area contributed by atoms with Gasteiger partial charge in [0.2, 0.25) is 11.9 Å². The molecular weight excluding hydrogens is 232 g/mol. The molecule has 1 N–H and O–H groups in total. The van der Waals surface area contributed by atoms with Crippen LogP contribution >= 0.6 is 0 Å². The molecule has 6 nitrogen and oxygen atoms in total. The third-order valence-corrected chi connectivity index (χ3v) is 2.83. The van der Waals surface area contributed by atoms with E-state index in [4.69, 9.17) is 4.74 Å². The fraction of sp³-hybridized carbons (Fsp3) is 0.583. The van der Waals surface area contributed by atoms with Gasteiger partial charge in [-0.2, -0.15) is 4.98 Å². The van der Waals surface area contributed by atoms with Crippen LogP contribution in [0.5, 0.6) is 0 Å². The molecule has 1 aliphatic rings. The van der Waals surface area contributed by atoms with Crippen LogP contribution in [0.25, 0.3) is 0 Å². The summed E-state index contributed by atoms with van der Waals surface area (Å²) in [7, 11) is 3.71. The maximum absolute atomic E-state index is 12.0. The predicted molar refractivity (Wildman–Crippen MR) is 68.5 cm³/mol. The van der Waals surface area contributed by atoms with Gasteiger partial charge in [0.15, 0.2) is 0 Å². The quantitative estimate of drug-likeness (QED) is 0.863. The smallest absolute Gasteiger partial charge is 0.230 e. The number of carbonyl (C=O) groups is 1. The van der Waals surface area contributed by atoms with Gasteiger partial charge >= 0.3 is 0 Å². The molecule has 1 fully saturated rings. The van der Waals surface area contributed by atoms with Gasteiger partial charge in [-0.25, -0.2) is 4.98 Å². The van der Waals surface area contributed by atoms with Crippen molar-refractivity contribution in [2.75, 3.05) is 37.5 Å². The standard InChI is InChI=1S/C12H18N4O2/c1-16(2)12-13-6-5-10(15-12)14-11(17)9-4-3-7-18-8-9/h5-6,9H,3-4,7-8H2,1-2H3,(H,13,14,15,17)/t9-/m1/s1. The van der Waals surface area contributed by atoms with Gasteiger partial charge in [0.05, 0.1) is 12.5 Å². The maximum Gasteiger partial charge on any atom is 0.230 e. The first kappa shape index (κ1) is 12.8. The summed E-state index contributed by atoms with van der Waals surface area (Å²) < 4.78 is 5.30. The Morgan fingerprint density at radius 1 is 1.56 bits per heavy atom. The molecule has 0 aliphatic carbocycles. The summed E-state index contributed by atoms with van der Waals surface area (Å²) in [6.07, 6.45) is 3.44. The van der Waals surface area contributed by atoms with E-state index in [2.05, 4.69) is 15.3 Å². The molecule has 0 saturated carbocycles. The number of aromatic nitrogens is 2. The number of carbonyl (C=O) groups excluding carboxylic acids is 1. The van der Waals surface area contributed by atoms with Crippen molar-refractivity contribution in [1.29, 1.82) is 0 Å². The van der Waals surface area contributed by atoms with Crippen molar-refractivity contribution in [3.8, 4) is 0 Å². The lowest BCUT2D eigenvalue weighted by Crippen LogP contribution is -2.30. The van der Waals surface area contributed by atoms with E-state index in [1.807, 2.05) is 14.1 Å². The molecule has 2 heterocycles. The zero-order chi connectivity index (χ0) is 13.0. The Labute approximate surface area is 106 Å². The fourth-order valence-corrected chi connectivity index (χ4v) is 1.81. The molecule has 0 spiro atoms. The van der Waals surface area contributed by atoms with E-state index in [9.17, 15) is 4.79 Å². The molecule has 1 amide bonds. The molecule has 0 unspecified atom stereocenters. The minimum Gasteiger partial charge on any atom is -0.381 e. The molecule has 6 heteroatoms. The van der Waals surface area contributed by atoms with Crippen LogP contribution in [-0.4, -0.2) is 43.2 Å². The molecule has 1 atom stereocenters. The molecule has 0 radical (unpaired) electrons. The zero-order valence-electron chi connectivity index (χ0n) is 10.7. The van der Waals surface area contributed by atoms with Crippen molar-refractivity contribution in [1.82, 2.24) is 9.97 Å². The van der Waals surface area contributed by atoms with E-state index >= 15 is 0 Å². The van der Waals surface area contributed by atoms with Gasteiger partial charge in [-0.05, 0) is 18.9 Å². The van der Waals surface area contributed by atoms with Crippen LogP contribution in [0.2, 0.25) is 0 Å². The van der Waals surface area contributed by atoms with Crippen molar-refractivity contribution >= 4 is 17.7 Å². The third kappa shape index (κ3) is 3.16. The van der Waals surface area contributed by atoms with Gasteiger partial charge in [-0.15, -0.1) is 0 Å². The minimum absolute atomic E-state index is 0.0295. The second kappa shape index (κ2) is 5.77. The summed E-state index contributed by atoms with van der Waals surface area (Å²) in [5, 5.41) is 2.81. The molecule has 18 heavy (non-hydrogen) atoms. The van der Waals surface area contributed by atoms with E-state index in [0.29, 0.717) is 18.4 Å². The molecule has 98 valence electrons. The number of hydrogen-bond acceptors (Lipinski definition) is 5. The molecule has 0 aromatic carbocycles. The lowest BCUT2D eigenvalue weighted by atomic mass is 10.0. The molecule has 0 bridgehead atoms. The van der Waals surface area contributed by atoms with Gasteiger partial charge in [-0.3, -0.25) is 4.79 Å². The SMILES string of the molecule is CN(C)c1nccc(NC(=O)[C@@H]2CCCOC2)n1. The Hall–Kier alpha value is -1.69. The molecule has 1 saturated heterocycles. The molecule has 1 aromatic heterocycles. The van der Waals surface area contributed by atoms with Crippen LogP contribution in [0.3, 0.4) is 0 Å². The Bertz CT molecular complexity index is 416. The van der Waals surface area contributed by atoms with E-state index < -0.39 is 0 Å². The third-order valence-electron chi connectivity index (χ3n) is 2.83. The molecular formula is C12H18N4O2. The lowest BCUT2D eigenvalue weighted by Gasteiger charge is -2.21. The average Bonchev–Trinajstić information content (AvgIpc) is 2.40. The largest absolute Gasteiger partial charge is 0.381 e. The molecule has 1 aromatic rings. The van der Waals surface area contributed by atoms with Crippen molar-refractivity contribution in [3.63, 3.8) is 0 Å². The number of amides is 1. The Morgan fingerprint density at radius 2 is 2.39 bits per heavy atom. The van der Waals surface area contributed by atoms with E-state index in [1.165, 1.54) is 0 Å². The van der Waals surface area contributed by atoms with Gasteiger partial charge in [-0.1, -0.05) is 0 Å². The normalized spacial score (nSPS) is 19.3. The van der Waals surface area contributed by atoms with Crippen molar-refractivity contribution in [2.45, 2.75) is 12.8 Å². The van der Waals surface area contributed by atoms with Gasteiger partial charge < -0.3 is 15.0 Å². The second-order valence-electron chi connectivity index (χ2n) is 4.54. The maximum atomic E-state index is 12.0. The topological polar surface area (TPSA) is 67.4 Å². The van der Waals surface area contributed by atoms with Gasteiger partial charge in [0.25, 0.3) is 0 Å². The number of anilines is 2. The fourth-order valence-electron chi connectivity index (χ4n) is 1.81. The monoisotopic (exact) mass is 250 g/mol. The Balaban J connectivity index is 1.99. The van der Waals surface area contributed by atoms with Crippen LogP contribution in [0.15, 0.2) is 12.3 Å². The van der Waals surface area contributed by atoms with Crippen LogP contribution < -0.4 is 10.2 Å². The number of hydrogen-bond donors (Lipinski definition) is 1. The van der Waals surface area contributed by atoms with E-state index in [0.717, 1.165) is 19.4 Å². The summed E-state index contributed by atoms with van der Waals surface area (Å²) in [4.78, 5) is 22.1. The highest BCUT2D eigenvalue weighted by Crippen LogP contribution is 2.16. The Kier molecular flexibility index (Phi) is 4.09. The van der Waals surface area contributed by atoms with Crippen molar-refractivity contribution < 1.29 is 9.53 Å². The Morgan fingerprint density at radius 3 is 3.06 bits per heavy atom. The molecule has 2 rings (SSSR count). The highest BCUT2D eigenvalue weighted by atomic mass is 16.5. The average molecular weight is 250 g/mol. The highest BCUT2D eigenvalue weighted by Gasteiger charge is 2.22. The van der Waals surface area contributed by atoms with Gasteiger partial charge in [0.1, 0.15) is 5.82 Å². The second-order valence-corrected chi connectivity index (χ2v) is 4.54. The van der Waals surface area contributed by atoms with E-state index in [1.54, 1.807) is 17.2 Å². The lowest BCUT2D eigenvalue weighted by molar-refractivity contribution is -0.123. The van der Waals surface area contributed by atoms with E-state index in [-0.39, 0.29) is 11.8 Å². The first-order chi connectivity index (χ1) is 8.66.